The van der Waals surface area contributed by atoms with Gasteiger partial charge in [0.05, 0.1) is 18.9 Å². The highest BCUT2D eigenvalue weighted by Gasteiger charge is 2.06. The van der Waals surface area contributed by atoms with E-state index in [4.69, 9.17) is 21.7 Å². The van der Waals surface area contributed by atoms with Gasteiger partial charge in [0.15, 0.2) is 5.82 Å². The molecule has 28 heavy (non-hydrogen) atoms. The van der Waals surface area contributed by atoms with E-state index in [0.717, 1.165) is 17.0 Å². The molecule has 0 fully saturated rings. The molecule has 0 atom stereocenters. The average molecular weight is 396 g/mol. The smallest absolute Gasteiger partial charge is 0.337 e. The summed E-state index contributed by atoms with van der Waals surface area (Å²) >= 11 is 5.21. The van der Waals surface area contributed by atoms with E-state index in [1.165, 1.54) is 7.11 Å². The maximum absolute atomic E-state index is 11.5. The van der Waals surface area contributed by atoms with Crippen LogP contribution in [-0.2, 0) is 17.8 Å². The summed E-state index contributed by atoms with van der Waals surface area (Å²) in [5, 5.41) is 11.3. The summed E-state index contributed by atoms with van der Waals surface area (Å²) < 4.78 is 12.7. The lowest BCUT2D eigenvalue weighted by Crippen LogP contribution is -2.03. The molecule has 0 unspecified atom stereocenters. The number of esters is 1. The van der Waals surface area contributed by atoms with Gasteiger partial charge in [0, 0.05) is 12.0 Å². The molecule has 0 saturated carbocycles. The maximum Gasteiger partial charge on any atom is 0.337 e. The number of aromatic amines is 1. The molecule has 3 aromatic rings. The van der Waals surface area contributed by atoms with E-state index in [2.05, 4.69) is 15.3 Å². The molecule has 0 bridgehead atoms. The van der Waals surface area contributed by atoms with Crippen molar-refractivity contribution in [1.82, 2.24) is 14.9 Å². The van der Waals surface area contributed by atoms with Gasteiger partial charge in [0.25, 0.3) is 0 Å². The van der Waals surface area contributed by atoms with E-state index in [0.29, 0.717) is 29.1 Å². The Morgan fingerprint density at radius 1 is 1.25 bits per heavy atom. The number of hydrogen-bond donors (Lipinski definition) is 1. The molecule has 0 radical (unpaired) electrons. The van der Waals surface area contributed by atoms with Gasteiger partial charge in [-0.05, 0) is 42.0 Å². The molecule has 7 nitrogen and oxygen atoms in total. The van der Waals surface area contributed by atoms with Gasteiger partial charge in [-0.2, -0.15) is 14.9 Å². The zero-order valence-electron chi connectivity index (χ0n) is 15.6. The number of para-hydroxylation sites is 1. The number of carbonyl (C=O) groups is 1. The van der Waals surface area contributed by atoms with Crippen LogP contribution in [0.15, 0.2) is 53.6 Å². The number of methoxy groups -OCH3 is 1. The maximum atomic E-state index is 11.5. The summed E-state index contributed by atoms with van der Waals surface area (Å²) in [6, 6.07) is 14.7. The van der Waals surface area contributed by atoms with Gasteiger partial charge in [0.2, 0.25) is 4.77 Å². The molecule has 0 spiro atoms. The minimum absolute atomic E-state index is 0.359. The largest absolute Gasteiger partial charge is 0.488 e. The molecule has 0 aliphatic rings. The standard InChI is InChI=1S/C20H20N4O3S/c1-3-18-22-23-20(28)24(18)21-12-16-6-4-5-7-17(16)27-13-14-8-10-15(11-9-14)19(25)26-2/h4-12H,3,13H2,1-2H3,(H,23,28). The van der Waals surface area contributed by atoms with Gasteiger partial charge in [-0.25, -0.2) is 4.79 Å². The van der Waals surface area contributed by atoms with Crippen LogP contribution in [0.1, 0.15) is 34.2 Å². The normalized spacial score (nSPS) is 10.9. The second-order valence-corrected chi connectivity index (χ2v) is 6.26. The monoisotopic (exact) mass is 396 g/mol. The van der Waals surface area contributed by atoms with Crippen molar-refractivity contribution in [2.75, 3.05) is 7.11 Å². The van der Waals surface area contributed by atoms with Gasteiger partial charge in [-0.15, -0.1) is 0 Å². The van der Waals surface area contributed by atoms with Crippen LogP contribution in [0.5, 0.6) is 5.75 Å². The Labute approximate surface area is 167 Å². The van der Waals surface area contributed by atoms with Gasteiger partial charge < -0.3 is 9.47 Å². The third-order valence-corrected chi connectivity index (χ3v) is 4.30. The first-order chi connectivity index (χ1) is 13.6. The Balaban J connectivity index is 1.74. The second kappa shape index (κ2) is 9.09. The molecular formula is C20H20N4O3S. The highest BCUT2D eigenvalue weighted by molar-refractivity contribution is 7.71. The number of nitrogens with zero attached hydrogens (tertiary/aromatic N) is 3. The van der Waals surface area contributed by atoms with Crippen LogP contribution in [0.2, 0.25) is 0 Å². The van der Waals surface area contributed by atoms with Gasteiger partial charge in [-0.3, -0.25) is 5.10 Å². The molecule has 8 heteroatoms. The average Bonchev–Trinajstić information content (AvgIpc) is 3.10. The summed E-state index contributed by atoms with van der Waals surface area (Å²) in [5.41, 5.74) is 2.26. The van der Waals surface area contributed by atoms with Gasteiger partial charge in [-0.1, -0.05) is 31.2 Å². The summed E-state index contributed by atoms with van der Waals surface area (Å²) in [6.45, 7) is 2.34. The molecule has 1 heterocycles. The Morgan fingerprint density at radius 2 is 2.00 bits per heavy atom. The Hall–Kier alpha value is -3.26. The van der Waals surface area contributed by atoms with E-state index in [1.54, 1.807) is 23.0 Å². The van der Waals surface area contributed by atoms with E-state index in [1.807, 2.05) is 43.3 Å². The van der Waals surface area contributed by atoms with Crippen LogP contribution in [0.4, 0.5) is 0 Å². The molecule has 0 amide bonds. The number of carbonyl (C=O) groups excluding carboxylic acids is 1. The van der Waals surface area contributed by atoms with Crippen molar-refractivity contribution in [3.8, 4) is 5.75 Å². The number of rotatable bonds is 7. The molecule has 0 aliphatic heterocycles. The van der Waals surface area contributed by atoms with Crippen molar-refractivity contribution in [1.29, 1.82) is 0 Å². The number of aryl methyl sites for hydroxylation is 1. The highest BCUT2D eigenvalue weighted by atomic mass is 32.1. The quantitative estimate of drug-likeness (QED) is 0.374. The Kier molecular flexibility index (Phi) is 6.33. The van der Waals surface area contributed by atoms with Crippen LogP contribution < -0.4 is 4.74 Å². The summed E-state index contributed by atoms with van der Waals surface area (Å²) in [4.78, 5) is 11.5. The topological polar surface area (TPSA) is 81.5 Å². The minimum atomic E-state index is -0.363. The minimum Gasteiger partial charge on any atom is -0.488 e. The van der Waals surface area contributed by atoms with Crippen LogP contribution >= 0.6 is 12.2 Å². The number of hydrogen-bond acceptors (Lipinski definition) is 6. The molecule has 144 valence electrons. The Morgan fingerprint density at radius 3 is 2.71 bits per heavy atom. The van der Waals surface area contributed by atoms with Crippen molar-refractivity contribution in [3.05, 3.63) is 75.8 Å². The first-order valence-corrected chi connectivity index (χ1v) is 9.13. The van der Waals surface area contributed by atoms with Crippen LogP contribution in [0.3, 0.4) is 0 Å². The lowest BCUT2D eigenvalue weighted by molar-refractivity contribution is 0.0600. The van der Waals surface area contributed by atoms with E-state index >= 15 is 0 Å². The summed E-state index contributed by atoms with van der Waals surface area (Å²) in [7, 11) is 1.36. The van der Waals surface area contributed by atoms with Crippen molar-refractivity contribution in [3.63, 3.8) is 0 Å². The highest BCUT2D eigenvalue weighted by Crippen LogP contribution is 2.18. The van der Waals surface area contributed by atoms with Crippen molar-refractivity contribution in [2.45, 2.75) is 20.0 Å². The van der Waals surface area contributed by atoms with E-state index in [-0.39, 0.29) is 5.97 Å². The predicted octanol–water partition coefficient (Wildman–Crippen LogP) is 3.75. The molecular weight excluding hydrogens is 376 g/mol. The molecule has 1 aromatic heterocycles. The third kappa shape index (κ3) is 4.52. The number of benzene rings is 2. The molecule has 1 N–H and O–H groups in total. The van der Waals surface area contributed by atoms with E-state index in [9.17, 15) is 4.79 Å². The fourth-order valence-electron chi connectivity index (χ4n) is 2.53. The molecule has 2 aromatic carbocycles. The Bertz CT molecular complexity index is 1040. The fourth-order valence-corrected chi connectivity index (χ4v) is 2.72. The second-order valence-electron chi connectivity index (χ2n) is 5.87. The summed E-state index contributed by atoms with van der Waals surface area (Å²) in [6.07, 6.45) is 2.41. The zero-order valence-corrected chi connectivity index (χ0v) is 16.4. The SMILES string of the molecule is CCc1n[nH]c(=S)n1N=Cc1ccccc1OCc1ccc(C(=O)OC)cc1. The van der Waals surface area contributed by atoms with Crippen LogP contribution in [-0.4, -0.2) is 34.2 Å². The predicted molar refractivity (Wildman–Crippen MR) is 108 cm³/mol. The van der Waals surface area contributed by atoms with Gasteiger partial charge >= 0.3 is 5.97 Å². The van der Waals surface area contributed by atoms with Crippen LogP contribution in [0.25, 0.3) is 0 Å². The number of H-pyrrole nitrogens is 1. The molecule has 0 saturated heterocycles. The van der Waals surface area contributed by atoms with Crippen molar-refractivity contribution < 1.29 is 14.3 Å². The number of ether oxygens (including phenoxy) is 2. The van der Waals surface area contributed by atoms with Gasteiger partial charge in [0.1, 0.15) is 12.4 Å². The number of nitrogens with one attached hydrogen (secondary N) is 1. The fraction of sp³-hybridized carbons (Fsp3) is 0.200. The lowest BCUT2D eigenvalue weighted by Gasteiger charge is -2.09. The van der Waals surface area contributed by atoms with Crippen LogP contribution in [0, 0.1) is 4.77 Å². The first-order valence-electron chi connectivity index (χ1n) is 8.72. The third-order valence-electron chi connectivity index (χ3n) is 4.03. The van der Waals surface area contributed by atoms with E-state index < -0.39 is 0 Å². The molecule has 3 rings (SSSR count). The van der Waals surface area contributed by atoms with Crippen molar-refractivity contribution >= 4 is 24.4 Å². The number of aromatic nitrogens is 3. The lowest BCUT2D eigenvalue weighted by atomic mass is 10.1. The zero-order chi connectivity index (χ0) is 19.9. The van der Waals surface area contributed by atoms with Crippen molar-refractivity contribution in [2.24, 2.45) is 5.10 Å². The molecule has 0 aliphatic carbocycles. The first kappa shape index (κ1) is 19.5. The summed E-state index contributed by atoms with van der Waals surface area (Å²) in [5.74, 6) is 1.08.